The predicted molar refractivity (Wildman–Crippen MR) is 56.9 cm³/mol. The Bertz CT molecular complexity index is 379. The van der Waals surface area contributed by atoms with Gasteiger partial charge in [0.25, 0.3) is 0 Å². The van der Waals surface area contributed by atoms with Crippen molar-refractivity contribution in [1.82, 2.24) is 0 Å². The zero-order chi connectivity index (χ0) is 9.84. The van der Waals surface area contributed by atoms with E-state index in [1.54, 1.807) is 18.2 Å². The summed E-state index contributed by atoms with van der Waals surface area (Å²) in [5, 5.41) is 0.426. The highest BCUT2D eigenvalue weighted by Gasteiger charge is 2.08. The molecule has 1 aromatic rings. The predicted octanol–water partition coefficient (Wildman–Crippen LogP) is 3.31. The summed E-state index contributed by atoms with van der Waals surface area (Å²) in [5.41, 5.74) is 0.475. The van der Waals surface area contributed by atoms with Crippen LogP contribution >= 0.6 is 27.5 Å². The van der Waals surface area contributed by atoms with E-state index in [2.05, 4.69) is 21.9 Å². The lowest BCUT2D eigenvalue weighted by Gasteiger charge is -2.00. The van der Waals surface area contributed by atoms with Crippen LogP contribution in [0.15, 0.2) is 22.7 Å². The lowest BCUT2D eigenvalue weighted by atomic mass is 10.1. The maximum absolute atomic E-state index is 11.3. The van der Waals surface area contributed by atoms with Gasteiger partial charge in [0.1, 0.15) is 0 Å². The first-order chi connectivity index (χ1) is 6.15. The first-order valence-corrected chi connectivity index (χ1v) is 4.74. The van der Waals surface area contributed by atoms with Gasteiger partial charge in [0.2, 0.25) is 0 Å². The number of hydrogen-bond donors (Lipinski definition) is 0. The number of Topliss-reactive ketones (excluding diaryl/α,β-unsaturated/α-hetero) is 1. The van der Waals surface area contributed by atoms with E-state index in [0.29, 0.717) is 10.6 Å². The minimum Gasteiger partial charge on any atom is -0.293 e. The summed E-state index contributed by atoms with van der Waals surface area (Å²) in [4.78, 5) is 11.3. The number of terminal acetylenes is 1. The van der Waals surface area contributed by atoms with E-state index in [4.69, 9.17) is 18.0 Å². The summed E-state index contributed by atoms with van der Waals surface area (Å²) in [7, 11) is 0. The summed E-state index contributed by atoms with van der Waals surface area (Å²) in [6.45, 7) is 0. The molecule has 0 aliphatic carbocycles. The average molecular weight is 258 g/mol. The van der Waals surface area contributed by atoms with Crippen molar-refractivity contribution in [2.45, 2.75) is 6.42 Å². The Hall–Kier alpha value is -0.780. The second-order valence-electron chi connectivity index (χ2n) is 2.43. The molecule has 0 bridgehead atoms. The fourth-order valence-electron chi connectivity index (χ4n) is 0.904. The average Bonchev–Trinajstić information content (AvgIpc) is 2.04. The van der Waals surface area contributed by atoms with Crippen molar-refractivity contribution in [2.24, 2.45) is 0 Å². The summed E-state index contributed by atoms with van der Waals surface area (Å²) < 4.78 is 0.842. The molecule has 1 aromatic carbocycles. The summed E-state index contributed by atoms with van der Waals surface area (Å²) in [6.07, 6.45) is 5.11. The van der Waals surface area contributed by atoms with Crippen molar-refractivity contribution >= 4 is 33.3 Å². The number of ketones is 1. The number of halogens is 2. The van der Waals surface area contributed by atoms with Crippen molar-refractivity contribution in [1.29, 1.82) is 0 Å². The van der Waals surface area contributed by atoms with E-state index in [0.717, 1.165) is 4.47 Å². The summed E-state index contributed by atoms with van der Waals surface area (Å²) >= 11 is 9.09. The summed E-state index contributed by atoms with van der Waals surface area (Å²) in [6, 6.07) is 5.09. The van der Waals surface area contributed by atoms with Crippen molar-refractivity contribution in [3.8, 4) is 12.3 Å². The Balaban J connectivity index is 3.03. The maximum atomic E-state index is 11.3. The molecule has 0 N–H and O–H groups in total. The van der Waals surface area contributed by atoms with Crippen molar-refractivity contribution < 1.29 is 4.79 Å². The smallest absolute Gasteiger partial charge is 0.176 e. The van der Waals surface area contributed by atoms with Gasteiger partial charge in [-0.25, -0.2) is 0 Å². The number of carbonyl (C=O) groups is 1. The van der Waals surface area contributed by atoms with Crippen LogP contribution in [0.2, 0.25) is 5.02 Å². The van der Waals surface area contributed by atoms with Crippen LogP contribution in [0.5, 0.6) is 0 Å². The highest BCUT2D eigenvalue weighted by Crippen LogP contribution is 2.22. The topological polar surface area (TPSA) is 17.1 Å². The molecule has 0 fully saturated rings. The molecule has 0 amide bonds. The van der Waals surface area contributed by atoms with Crippen LogP contribution in [0.4, 0.5) is 0 Å². The molecule has 0 heterocycles. The van der Waals surface area contributed by atoms with E-state index in [9.17, 15) is 4.79 Å². The fourth-order valence-corrected chi connectivity index (χ4v) is 1.68. The summed E-state index contributed by atoms with van der Waals surface area (Å²) in [5.74, 6) is 2.16. The Morgan fingerprint density at radius 1 is 1.62 bits per heavy atom. The molecule has 13 heavy (non-hydrogen) atoms. The lowest BCUT2D eigenvalue weighted by molar-refractivity contribution is 0.0998. The SMILES string of the molecule is C#CCC(=O)c1ccc(Br)cc1Cl. The van der Waals surface area contributed by atoms with Gasteiger partial charge in [-0.1, -0.05) is 33.5 Å². The molecule has 0 aliphatic heterocycles. The quantitative estimate of drug-likeness (QED) is 0.587. The monoisotopic (exact) mass is 256 g/mol. The van der Waals surface area contributed by atoms with Crippen LogP contribution in [0, 0.1) is 12.3 Å². The lowest BCUT2D eigenvalue weighted by Crippen LogP contribution is -1.97. The molecule has 0 unspecified atom stereocenters. The minimum atomic E-state index is -0.125. The molecule has 66 valence electrons. The number of rotatable bonds is 2. The van der Waals surface area contributed by atoms with Crippen LogP contribution in [-0.2, 0) is 0 Å². The van der Waals surface area contributed by atoms with Gasteiger partial charge in [-0.3, -0.25) is 4.79 Å². The van der Waals surface area contributed by atoms with Crippen LogP contribution in [0.3, 0.4) is 0 Å². The third kappa shape index (κ3) is 2.58. The molecular weight excluding hydrogens is 251 g/mol. The van der Waals surface area contributed by atoms with Crippen molar-refractivity contribution in [2.75, 3.05) is 0 Å². The van der Waals surface area contributed by atoms with Crippen LogP contribution in [0.25, 0.3) is 0 Å². The number of benzene rings is 1. The van der Waals surface area contributed by atoms with Gasteiger partial charge in [0, 0.05) is 10.0 Å². The Morgan fingerprint density at radius 2 is 2.31 bits per heavy atom. The van der Waals surface area contributed by atoms with Crippen LogP contribution in [0.1, 0.15) is 16.8 Å². The van der Waals surface area contributed by atoms with Gasteiger partial charge >= 0.3 is 0 Å². The standard InChI is InChI=1S/C10H6BrClO/c1-2-3-10(13)8-5-4-7(11)6-9(8)12/h1,4-6H,3H2. The Morgan fingerprint density at radius 3 is 2.85 bits per heavy atom. The largest absolute Gasteiger partial charge is 0.293 e. The van der Waals surface area contributed by atoms with E-state index < -0.39 is 0 Å². The second kappa shape index (κ2) is 4.45. The molecule has 1 rings (SSSR count). The van der Waals surface area contributed by atoms with Gasteiger partial charge in [0.05, 0.1) is 11.4 Å². The Kier molecular flexibility index (Phi) is 3.53. The molecule has 0 radical (unpaired) electrons. The molecule has 0 saturated carbocycles. The number of hydrogen-bond acceptors (Lipinski definition) is 1. The van der Waals surface area contributed by atoms with E-state index in [-0.39, 0.29) is 12.2 Å². The highest BCUT2D eigenvalue weighted by atomic mass is 79.9. The molecule has 0 aliphatic rings. The zero-order valence-corrected chi connectivity index (χ0v) is 9.02. The van der Waals surface area contributed by atoms with Crippen LogP contribution < -0.4 is 0 Å². The molecule has 1 nitrogen and oxygen atoms in total. The minimum absolute atomic E-state index is 0.0847. The van der Waals surface area contributed by atoms with Crippen molar-refractivity contribution in [3.05, 3.63) is 33.3 Å². The molecule has 0 spiro atoms. The molecular formula is C10H6BrClO. The van der Waals surface area contributed by atoms with Crippen LogP contribution in [-0.4, -0.2) is 5.78 Å². The molecule has 3 heteroatoms. The molecule has 0 aromatic heterocycles. The highest BCUT2D eigenvalue weighted by molar-refractivity contribution is 9.10. The van der Waals surface area contributed by atoms with E-state index in [1.165, 1.54) is 0 Å². The van der Waals surface area contributed by atoms with Gasteiger partial charge in [-0.2, -0.15) is 0 Å². The third-order valence-corrected chi connectivity index (χ3v) is 2.30. The molecule has 0 atom stereocenters. The third-order valence-electron chi connectivity index (χ3n) is 1.49. The zero-order valence-electron chi connectivity index (χ0n) is 6.68. The van der Waals surface area contributed by atoms with Gasteiger partial charge < -0.3 is 0 Å². The van der Waals surface area contributed by atoms with Gasteiger partial charge in [0.15, 0.2) is 5.78 Å². The number of carbonyl (C=O) groups excluding carboxylic acids is 1. The maximum Gasteiger partial charge on any atom is 0.176 e. The Labute approximate surface area is 90.2 Å². The fraction of sp³-hybridized carbons (Fsp3) is 0.100. The first kappa shape index (κ1) is 10.3. The molecule has 0 saturated heterocycles. The normalized spacial score (nSPS) is 9.31. The van der Waals surface area contributed by atoms with E-state index >= 15 is 0 Å². The van der Waals surface area contributed by atoms with Gasteiger partial charge in [-0.15, -0.1) is 6.42 Å². The first-order valence-electron chi connectivity index (χ1n) is 3.57. The van der Waals surface area contributed by atoms with Gasteiger partial charge in [-0.05, 0) is 18.2 Å². The van der Waals surface area contributed by atoms with Crippen molar-refractivity contribution in [3.63, 3.8) is 0 Å². The second-order valence-corrected chi connectivity index (χ2v) is 3.75. The van der Waals surface area contributed by atoms with E-state index in [1.807, 2.05) is 0 Å².